The summed E-state index contributed by atoms with van der Waals surface area (Å²) in [5.41, 5.74) is 0.619. The number of benzene rings is 1. The van der Waals surface area contributed by atoms with Crippen molar-refractivity contribution in [2.75, 3.05) is 19.7 Å². The molecule has 1 heterocycles. The van der Waals surface area contributed by atoms with Crippen molar-refractivity contribution in [1.82, 2.24) is 4.90 Å². The second-order valence-electron chi connectivity index (χ2n) is 6.83. The van der Waals surface area contributed by atoms with Crippen LogP contribution in [-0.2, 0) is 16.1 Å². The van der Waals surface area contributed by atoms with E-state index in [0.717, 1.165) is 45.2 Å². The first-order valence-electron chi connectivity index (χ1n) is 8.84. The Morgan fingerprint density at radius 3 is 2.57 bits per heavy atom. The first-order valence-corrected chi connectivity index (χ1v) is 8.84. The van der Waals surface area contributed by atoms with Gasteiger partial charge in [0.15, 0.2) is 0 Å². The van der Waals surface area contributed by atoms with Crippen molar-refractivity contribution in [3.05, 3.63) is 35.6 Å². The maximum atomic E-state index is 13.5. The molecule has 3 rings (SSSR count). The number of ether oxygens (including phenoxy) is 1. The van der Waals surface area contributed by atoms with Gasteiger partial charge in [-0.25, -0.2) is 4.39 Å². The number of rotatable bonds is 6. The summed E-state index contributed by atoms with van der Waals surface area (Å²) in [6.45, 7) is 2.79. The molecular weight excluding hydrogens is 293 g/mol. The highest BCUT2D eigenvalue weighted by Crippen LogP contribution is 2.30. The minimum Gasteiger partial charge on any atom is -0.377 e. The molecule has 126 valence electrons. The fourth-order valence-electron chi connectivity index (χ4n) is 3.40. The normalized spacial score (nSPS) is 19.6. The summed E-state index contributed by atoms with van der Waals surface area (Å²) >= 11 is 0. The Morgan fingerprint density at radius 1 is 1.17 bits per heavy atom. The van der Waals surface area contributed by atoms with E-state index < -0.39 is 0 Å². The lowest BCUT2D eigenvalue weighted by Gasteiger charge is -2.36. The summed E-state index contributed by atoms with van der Waals surface area (Å²) in [6.07, 6.45) is 6.53. The van der Waals surface area contributed by atoms with Gasteiger partial charge in [0.2, 0.25) is 5.91 Å². The second kappa shape index (κ2) is 7.91. The highest BCUT2D eigenvalue weighted by molar-refractivity contribution is 5.79. The zero-order chi connectivity index (χ0) is 16.1. The van der Waals surface area contributed by atoms with E-state index in [1.165, 1.54) is 12.5 Å². The standard InChI is InChI=1S/C19H26FNO2/c20-18-7-2-1-4-17(18)14-23-13-10-15-8-11-21(12-9-15)19(22)16-5-3-6-16/h1-2,4,7,15-16H,3,5-6,8-14H2. The molecule has 0 radical (unpaired) electrons. The first-order chi connectivity index (χ1) is 11.2. The average molecular weight is 319 g/mol. The number of hydrogen-bond acceptors (Lipinski definition) is 2. The smallest absolute Gasteiger partial charge is 0.225 e. The van der Waals surface area contributed by atoms with Crippen molar-refractivity contribution in [3.8, 4) is 0 Å². The van der Waals surface area contributed by atoms with E-state index in [0.29, 0.717) is 36.5 Å². The molecule has 2 aliphatic rings. The van der Waals surface area contributed by atoms with E-state index >= 15 is 0 Å². The van der Waals surface area contributed by atoms with Gasteiger partial charge in [0.1, 0.15) is 5.82 Å². The fraction of sp³-hybridized carbons (Fsp3) is 0.632. The Labute approximate surface area is 137 Å². The highest BCUT2D eigenvalue weighted by atomic mass is 19.1. The highest BCUT2D eigenvalue weighted by Gasteiger charge is 2.31. The van der Waals surface area contributed by atoms with Gasteiger partial charge in [0, 0.05) is 31.2 Å². The van der Waals surface area contributed by atoms with Gasteiger partial charge in [-0.3, -0.25) is 4.79 Å². The summed E-state index contributed by atoms with van der Waals surface area (Å²) < 4.78 is 19.1. The van der Waals surface area contributed by atoms with E-state index in [2.05, 4.69) is 4.90 Å². The van der Waals surface area contributed by atoms with Gasteiger partial charge in [0.25, 0.3) is 0 Å². The van der Waals surface area contributed by atoms with Crippen LogP contribution in [0.3, 0.4) is 0 Å². The molecule has 0 spiro atoms. The molecule has 1 saturated heterocycles. The molecule has 1 aliphatic carbocycles. The van der Waals surface area contributed by atoms with Gasteiger partial charge in [-0.15, -0.1) is 0 Å². The quantitative estimate of drug-likeness (QED) is 0.747. The largest absolute Gasteiger partial charge is 0.377 e. The van der Waals surface area contributed by atoms with Crippen molar-refractivity contribution in [3.63, 3.8) is 0 Å². The van der Waals surface area contributed by atoms with Gasteiger partial charge in [-0.05, 0) is 44.1 Å². The number of likely N-dealkylation sites (tertiary alicyclic amines) is 1. The molecule has 0 unspecified atom stereocenters. The van der Waals surface area contributed by atoms with Crippen LogP contribution in [0.25, 0.3) is 0 Å². The first kappa shape index (κ1) is 16.4. The minimum atomic E-state index is -0.199. The third-order valence-electron chi connectivity index (χ3n) is 5.27. The van der Waals surface area contributed by atoms with Crippen LogP contribution in [0.4, 0.5) is 4.39 Å². The van der Waals surface area contributed by atoms with Crippen LogP contribution in [0.5, 0.6) is 0 Å². The lowest BCUT2D eigenvalue weighted by molar-refractivity contribution is -0.139. The number of nitrogens with zero attached hydrogens (tertiary/aromatic N) is 1. The van der Waals surface area contributed by atoms with Crippen LogP contribution in [0, 0.1) is 17.7 Å². The van der Waals surface area contributed by atoms with Crippen LogP contribution >= 0.6 is 0 Å². The molecule has 0 bridgehead atoms. The van der Waals surface area contributed by atoms with Crippen molar-refractivity contribution >= 4 is 5.91 Å². The third-order valence-corrected chi connectivity index (χ3v) is 5.27. The Hall–Kier alpha value is -1.42. The molecule has 1 aliphatic heterocycles. The molecule has 1 saturated carbocycles. The van der Waals surface area contributed by atoms with Crippen LogP contribution < -0.4 is 0 Å². The molecule has 23 heavy (non-hydrogen) atoms. The second-order valence-corrected chi connectivity index (χ2v) is 6.83. The molecule has 2 fully saturated rings. The van der Waals surface area contributed by atoms with Crippen LogP contribution in [0.2, 0.25) is 0 Å². The Balaban J connectivity index is 1.32. The number of carbonyl (C=O) groups is 1. The minimum absolute atomic E-state index is 0.199. The predicted molar refractivity (Wildman–Crippen MR) is 87.3 cm³/mol. The van der Waals surface area contributed by atoms with Crippen molar-refractivity contribution in [2.45, 2.75) is 45.1 Å². The summed E-state index contributed by atoms with van der Waals surface area (Å²) in [4.78, 5) is 14.3. The summed E-state index contributed by atoms with van der Waals surface area (Å²) in [7, 11) is 0. The molecule has 0 atom stereocenters. The number of carbonyl (C=O) groups excluding carboxylic acids is 1. The van der Waals surface area contributed by atoms with Gasteiger partial charge in [0.05, 0.1) is 6.61 Å². The number of piperidine rings is 1. The Morgan fingerprint density at radius 2 is 1.91 bits per heavy atom. The monoisotopic (exact) mass is 319 g/mol. The molecule has 4 heteroatoms. The predicted octanol–water partition coefficient (Wildman–Crippen LogP) is 3.77. The topological polar surface area (TPSA) is 29.5 Å². The van der Waals surface area contributed by atoms with Gasteiger partial charge in [-0.2, -0.15) is 0 Å². The summed E-state index contributed by atoms with van der Waals surface area (Å²) in [6, 6.07) is 6.75. The molecule has 1 amide bonds. The molecule has 1 aromatic carbocycles. The maximum Gasteiger partial charge on any atom is 0.225 e. The maximum absolute atomic E-state index is 13.5. The summed E-state index contributed by atoms with van der Waals surface area (Å²) in [5.74, 6) is 1.12. The lowest BCUT2D eigenvalue weighted by atomic mass is 9.83. The van der Waals surface area contributed by atoms with Gasteiger partial charge in [-0.1, -0.05) is 24.6 Å². The third kappa shape index (κ3) is 4.31. The zero-order valence-corrected chi connectivity index (χ0v) is 13.7. The van der Waals surface area contributed by atoms with E-state index in [4.69, 9.17) is 4.74 Å². The van der Waals surface area contributed by atoms with E-state index in [1.807, 2.05) is 6.07 Å². The molecule has 0 N–H and O–H groups in total. The SMILES string of the molecule is O=C(C1CCC1)N1CCC(CCOCc2ccccc2F)CC1. The van der Waals surface area contributed by atoms with E-state index in [-0.39, 0.29) is 5.82 Å². The van der Waals surface area contributed by atoms with Gasteiger partial charge < -0.3 is 9.64 Å². The van der Waals surface area contributed by atoms with E-state index in [9.17, 15) is 9.18 Å². The molecular formula is C19H26FNO2. The average Bonchev–Trinajstić information content (AvgIpc) is 2.52. The molecule has 1 aromatic rings. The summed E-state index contributed by atoms with van der Waals surface area (Å²) in [5, 5.41) is 0. The fourth-order valence-corrected chi connectivity index (χ4v) is 3.40. The van der Waals surface area contributed by atoms with Crippen LogP contribution in [-0.4, -0.2) is 30.5 Å². The number of halogens is 1. The van der Waals surface area contributed by atoms with E-state index in [1.54, 1.807) is 12.1 Å². The van der Waals surface area contributed by atoms with Crippen molar-refractivity contribution in [2.24, 2.45) is 11.8 Å². The van der Waals surface area contributed by atoms with Crippen molar-refractivity contribution in [1.29, 1.82) is 0 Å². The van der Waals surface area contributed by atoms with Crippen molar-refractivity contribution < 1.29 is 13.9 Å². The van der Waals surface area contributed by atoms with Gasteiger partial charge >= 0.3 is 0 Å². The Kier molecular flexibility index (Phi) is 5.65. The Bertz CT molecular complexity index is 522. The van der Waals surface area contributed by atoms with Crippen LogP contribution in [0.1, 0.15) is 44.1 Å². The molecule has 3 nitrogen and oxygen atoms in total. The zero-order valence-electron chi connectivity index (χ0n) is 13.7. The number of amides is 1. The van der Waals surface area contributed by atoms with Crippen LogP contribution in [0.15, 0.2) is 24.3 Å². The lowest BCUT2D eigenvalue weighted by Crippen LogP contribution is -2.43. The number of hydrogen-bond donors (Lipinski definition) is 0. The molecule has 0 aromatic heterocycles.